The van der Waals surface area contributed by atoms with Crippen molar-refractivity contribution in [1.82, 2.24) is 9.78 Å². The second kappa shape index (κ2) is 3.24. The van der Waals surface area contributed by atoms with Gasteiger partial charge in [0.15, 0.2) is 0 Å². The van der Waals surface area contributed by atoms with Crippen molar-refractivity contribution in [2.45, 2.75) is 19.9 Å². The number of hydrogen-bond acceptors (Lipinski definition) is 3. The van der Waals surface area contributed by atoms with E-state index in [1.807, 2.05) is 0 Å². The molecule has 1 aromatic heterocycles. The molecule has 0 unspecified atom stereocenters. The third-order valence-corrected chi connectivity index (χ3v) is 1.53. The highest BCUT2D eigenvalue weighted by atomic mass is 19.1. The van der Waals surface area contributed by atoms with Crippen LogP contribution >= 0.6 is 0 Å². The SMILES string of the molecule is CC(C)n1ncc(B(O)O)c1F. The molecule has 0 radical (unpaired) electrons. The summed E-state index contributed by atoms with van der Waals surface area (Å²) in [6, 6.07) is -0.127. The van der Waals surface area contributed by atoms with E-state index in [1.165, 1.54) is 0 Å². The van der Waals surface area contributed by atoms with Crippen LogP contribution in [-0.2, 0) is 0 Å². The van der Waals surface area contributed by atoms with Gasteiger partial charge in [-0.15, -0.1) is 0 Å². The number of aromatic nitrogens is 2. The van der Waals surface area contributed by atoms with Crippen LogP contribution in [0.5, 0.6) is 0 Å². The first-order valence-electron chi connectivity index (χ1n) is 3.63. The van der Waals surface area contributed by atoms with Crippen LogP contribution in [0.1, 0.15) is 19.9 Å². The largest absolute Gasteiger partial charge is 0.494 e. The lowest BCUT2D eigenvalue weighted by atomic mass is 9.83. The van der Waals surface area contributed by atoms with E-state index in [1.54, 1.807) is 13.8 Å². The minimum absolute atomic E-state index is 0.127. The van der Waals surface area contributed by atoms with Gasteiger partial charge in [-0.2, -0.15) is 9.49 Å². The second-order valence-electron chi connectivity index (χ2n) is 2.80. The summed E-state index contributed by atoms with van der Waals surface area (Å²) in [5.74, 6) is -0.694. The molecule has 4 nitrogen and oxygen atoms in total. The molecule has 0 aromatic carbocycles. The van der Waals surface area contributed by atoms with Gasteiger partial charge in [0.05, 0.1) is 11.7 Å². The summed E-state index contributed by atoms with van der Waals surface area (Å²) >= 11 is 0. The molecule has 2 N–H and O–H groups in total. The Kier molecular flexibility index (Phi) is 2.49. The Morgan fingerprint density at radius 3 is 2.42 bits per heavy atom. The van der Waals surface area contributed by atoms with Gasteiger partial charge in [0, 0.05) is 6.04 Å². The molecule has 0 bridgehead atoms. The molecular formula is C6H10BFN2O2. The molecule has 0 saturated carbocycles. The number of halogens is 1. The van der Waals surface area contributed by atoms with E-state index in [9.17, 15) is 4.39 Å². The van der Waals surface area contributed by atoms with Gasteiger partial charge in [-0.3, -0.25) is 0 Å². The normalized spacial score (nSPS) is 10.8. The van der Waals surface area contributed by atoms with Crippen LogP contribution in [0.15, 0.2) is 6.20 Å². The maximum absolute atomic E-state index is 13.1. The van der Waals surface area contributed by atoms with Gasteiger partial charge in [0.2, 0.25) is 5.95 Å². The van der Waals surface area contributed by atoms with E-state index in [4.69, 9.17) is 10.0 Å². The predicted molar refractivity (Wildman–Crippen MR) is 42.4 cm³/mol. The molecule has 0 amide bonds. The van der Waals surface area contributed by atoms with E-state index in [0.717, 1.165) is 10.9 Å². The van der Waals surface area contributed by atoms with Gasteiger partial charge in [-0.25, -0.2) is 4.68 Å². The predicted octanol–water partition coefficient (Wildman–Crippen LogP) is -0.717. The Bertz CT molecular complexity index is 249. The summed E-state index contributed by atoms with van der Waals surface area (Å²) in [5, 5.41) is 21.0. The highest BCUT2D eigenvalue weighted by Crippen LogP contribution is 2.04. The minimum atomic E-state index is -1.79. The second-order valence-corrected chi connectivity index (χ2v) is 2.80. The van der Waals surface area contributed by atoms with Crippen molar-refractivity contribution in [2.75, 3.05) is 0 Å². The zero-order chi connectivity index (χ0) is 9.30. The summed E-state index contributed by atoms with van der Waals surface area (Å²) < 4.78 is 14.2. The molecule has 1 heterocycles. The number of nitrogens with zero attached hydrogens (tertiary/aromatic N) is 2. The molecule has 0 aliphatic carbocycles. The zero-order valence-corrected chi connectivity index (χ0v) is 6.90. The van der Waals surface area contributed by atoms with E-state index in [2.05, 4.69) is 5.10 Å². The van der Waals surface area contributed by atoms with Gasteiger partial charge in [0.25, 0.3) is 0 Å². The molecule has 66 valence electrons. The number of hydrogen-bond donors (Lipinski definition) is 2. The summed E-state index contributed by atoms with van der Waals surface area (Å²) in [7, 11) is -1.79. The van der Waals surface area contributed by atoms with Crippen LogP contribution in [0, 0.1) is 5.95 Å². The van der Waals surface area contributed by atoms with Gasteiger partial charge < -0.3 is 10.0 Å². The average molecular weight is 172 g/mol. The first-order valence-corrected chi connectivity index (χ1v) is 3.63. The Hall–Kier alpha value is -0.875. The molecule has 0 spiro atoms. The van der Waals surface area contributed by atoms with Crippen molar-refractivity contribution in [3.63, 3.8) is 0 Å². The quantitative estimate of drug-likeness (QED) is 0.579. The fourth-order valence-electron chi connectivity index (χ4n) is 0.894. The molecule has 0 fully saturated rings. The van der Waals surface area contributed by atoms with E-state index in [-0.39, 0.29) is 11.5 Å². The third kappa shape index (κ3) is 1.49. The number of rotatable bonds is 2. The van der Waals surface area contributed by atoms with Gasteiger partial charge in [0.1, 0.15) is 0 Å². The summed E-state index contributed by atoms with van der Waals surface area (Å²) in [5.41, 5.74) is -0.191. The standard InChI is InChI=1S/C6H10BFN2O2/c1-4(2)10-6(8)5(3-9-10)7(11)12/h3-4,11-12H,1-2H3. The van der Waals surface area contributed by atoms with Crippen LogP contribution in [0.2, 0.25) is 0 Å². The molecule has 0 atom stereocenters. The Morgan fingerprint density at radius 2 is 2.17 bits per heavy atom. The molecule has 1 rings (SSSR count). The van der Waals surface area contributed by atoms with Crippen LogP contribution in [0.25, 0.3) is 0 Å². The first kappa shape index (κ1) is 9.21. The smallest absolute Gasteiger partial charge is 0.423 e. The lowest BCUT2D eigenvalue weighted by molar-refractivity contribution is 0.405. The molecule has 0 saturated heterocycles. The highest BCUT2D eigenvalue weighted by Gasteiger charge is 2.21. The summed E-state index contributed by atoms with van der Waals surface area (Å²) in [6.07, 6.45) is 1.11. The molecule has 0 aliphatic rings. The van der Waals surface area contributed by atoms with Crippen LogP contribution in [-0.4, -0.2) is 26.9 Å². The minimum Gasteiger partial charge on any atom is -0.423 e. The lowest BCUT2D eigenvalue weighted by Gasteiger charge is -2.05. The zero-order valence-electron chi connectivity index (χ0n) is 6.90. The first-order chi connectivity index (χ1) is 5.54. The third-order valence-electron chi connectivity index (χ3n) is 1.53. The molecule has 0 aliphatic heterocycles. The Morgan fingerprint density at radius 1 is 1.58 bits per heavy atom. The molecular weight excluding hydrogens is 162 g/mol. The Labute approximate surface area is 69.8 Å². The van der Waals surface area contributed by atoms with Gasteiger partial charge >= 0.3 is 7.12 Å². The molecule has 1 aromatic rings. The maximum atomic E-state index is 13.1. The van der Waals surface area contributed by atoms with Gasteiger partial charge in [-0.05, 0) is 13.8 Å². The van der Waals surface area contributed by atoms with Crippen LogP contribution in [0.3, 0.4) is 0 Å². The monoisotopic (exact) mass is 172 g/mol. The van der Waals surface area contributed by atoms with E-state index < -0.39 is 13.1 Å². The van der Waals surface area contributed by atoms with E-state index in [0.29, 0.717) is 0 Å². The van der Waals surface area contributed by atoms with Crippen LogP contribution < -0.4 is 5.46 Å². The molecule has 6 heteroatoms. The topological polar surface area (TPSA) is 58.3 Å². The van der Waals surface area contributed by atoms with Gasteiger partial charge in [-0.1, -0.05) is 0 Å². The van der Waals surface area contributed by atoms with Crippen molar-refractivity contribution >= 4 is 12.6 Å². The van der Waals surface area contributed by atoms with Crippen molar-refractivity contribution in [3.05, 3.63) is 12.1 Å². The summed E-state index contributed by atoms with van der Waals surface area (Å²) in [6.45, 7) is 3.51. The van der Waals surface area contributed by atoms with Crippen molar-refractivity contribution in [1.29, 1.82) is 0 Å². The van der Waals surface area contributed by atoms with Crippen molar-refractivity contribution in [3.8, 4) is 0 Å². The molecule has 12 heavy (non-hydrogen) atoms. The fraction of sp³-hybridized carbons (Fsp3) is 0.500. The Balaban J connectivity index is 3.04. The van der Waals surface area contributed by atoms with Crippen molar-refractivity contribution < 1.29 is 14.4 Å². The van der Waals surface area contributed by atoms with E-state index >= 15 is 0 Å². The highest BCUT2D eigenvalue weighted by molar-refractivity contribution is 6.58. The lowest BCUT2D eigenvalue weighted by Crippen LogP contribution is -2.32. The average Bonchev–Trinajstić information content (AvgIpc) is 2.30. The fourth-order valence-corrected chi connectivity index (χ4v) is 0.894. The van der Waals surface area contributed by atoms with Crippen molar-refractivity contribution in [2.24, 2.45) is 0 Å². The summed E-state index contributed by atoms with van der Waals surface area (Å²) in [4.78, 5) is 0. The van der Waals surface area contributed by atoms with Crippen LogP contribution in [0.4, 0.5) is 4.39 Å². The maximum Gasteiger partial charge on any atom is 0.494 e.